The molecule has 6 nitrogen and oxygen atoms in total. The summed E-state index contributed by atoms with van der Waals surface area (Å²) in [4.78, 5) is 35.1. The lowest BCUT2D eigenvalue weighted by Gasteiger charge is -2.06. The third-order valence-corrected chi connectivity index (χ3v) is 5.31. The molecule has 0 aromatic heterocycles. The summed E-state index contributed by atoms with van der Waals surface area (Å²) in [6.45, 7) is 2.02. The minimum absolute atomic E-state index is 0.0199. The lowest BCUT2D eigenvalue weighted by Crippen LogP contribution is -2.30. The van der Waals surface area contributed by atoms with E-state index < -0.39 is 5.97 Å². The van der Waals surface area contributed by atoms with E-state index in [0.29, 0.717) is 12.0 Å². The van der Waals surface area contributed by atoms with Crippen LogP contribution in [0.15, 0.2) is 91.1 Å². The van der Waals surface area contributed by atoms with Gasteiger partial charge in [-0.1, -0.05) is 85.9 Å². The number of nitrogens with one attached hydrogen (secondary N) is 1. The molecule has 204 valence electrons. The average molecular weight is 520 g/mol. The van der Waals surface area contributed by atoms with E-state index in [1.54, 1.807) is 0 Å². The zero-order valence-corrected chi connectivity index (χ0v) is 22.4. The Balaban J connectivity index is 2.10. The summed E-state index contributed by atoms with van der Waals surface area (Å²) in [5.74, 6) is -2.07. The van der Waals surface area contributed by atoms with Crippen molar-refractivity contribution in [3.8, 4) is 5.75 Å². The van der Waals surface area contributed by atoms with Gasteiger partial charge < -0.3 is 15.5 Å². The molecule has 0 unspecified atom stereocenters. The molecule has 0 aliphatic carbocycles. The van der Waals surface area contributed by atoms with Crippen LogP contribution in [0.1, 0.15) is 74.2 Å². The number of hydrogen-bond acceptors (Lipinski definition) is 4. The highest BCUT2D eigenvalue weighted by Gasteiger charge is 2.12. The smallest absolute Gasteiger partial charge is 0.339 e. The maximum Gasteiger partial charge on any atom is 0.339 e. The van der Waals surface area contributed by atoms with E-state index in [-0.39, 0.29) is 42.4 Å². The van der Waals surface area contributed by atoms with Gasteiger partial charge in [-0.2, -0.15) is 0 Å². The van der Waals surface area contributed by atoms with Gasteiger partial charge in [-0.05, 0) is 62.6 Å². The van der Waals surface area contributed by atoms with Crippen LogP contribution in [0.3, 0.4) is 0 Å². The molecule has 0 fully saturated rings. The summed E-state index contributed by atoms with van der Waals surface area (Å²) in [6.07, 6.45) is 32.1. The summed E-state index contributed by atoms with van der Waals surface area (Å²) < 4.78 is 0. The minimum Gasteiger partial charge on any atom is -0.507 e. The Morgan fingerprint density at radius 3 is 1.76 bits per heavy atom. The Bertz CT molecular complexity index is 1040. The molecule has 1 aromatic rings. The molecule has 1 rings (SSSR count). The lowest BCUT2D eigenvalue weighted by atomic mass is 10.0. The van der Waals surface area contributed by atoms with E-state index in [4.69, 9.17) is 5.11 Å². The molecular formula is C32H41NO5. The van der Waals surface area contributed by atoms with Crippen LogP contribution in [0.4, 0.5) is 0 Å². The number of rotatable bonds is 19. The maximum atomic E-state index is 12.1. The van der Waals surface area contributed by atoms with Gasteiger partial charge in [-0.25, -0.2) is 4.79 Å². The van der Waals surface area contributed by atoms with E-state index in [1.165, 1.54) is 18.2 Å². The van der Waals surface area contributed by atoms with Crippen molar-refractivity contribution in [2.24, 2.45) is 0 Å². The van der Waals surface area contributed by atoms with E-state index >= 15 is 0 Å². The third kappa shape index (κ3) is 16.7. The standard InChI is InChI=1S/C32H41NO5/c1-2-3-4-5-6-7-8-9-10-11-12-13-14-15-16-17-18-19-20-21-31(36)33-26-28(34)24-27-22-23-30(35)29(25-27)32(37)38/h3-4,6-7,9-10,12-13,15-16,18-19,22-23,25,35H,2,5,8,11,14,17,20-21,24,26H2,1H3,(H,33,36)(H,37,38)/b4-3-,7-6-,10-9-,13-12-,16-15-,19-18-. The quantitative estimate of drug-likeness (QED) is 0.174. The van der Waals surface area contributed by atoms with Crippen molar-refractivity contribution >= 4 is 17.7 Å². The van der Waals surface area contributed by atoms with Crippen molar-refractivity contribution in [3.63, 3.8) is 0 Å². The predicted molar refractivity (Wildman–Crippen MR) is 154 cm³/mol. The van der Waals surface area contributed by atoms with Crippen LogP contribution in [0, 0.1) is 0 Å². The first-order valence-electron chi connectivity index (χ1n) is 13.2. The number of phenols is 1. The second-order valence-corrected chi connectivity index (χ2v) is 8.60. The van der Waals surface area contributed by atoms with Crippen LogP contribution in [0.5, 0.6) is 5.75 Å². The SMILES string of the molecule is CC/C=C\C/C=C\C/C=C\C/C=C\C/C=C\C/C=C\CCC(=O)NCC(=O)Cc1ccc(O)c(C(=O)O)c1. The first-order valence-corrected chi connectivity index (χ1v) is 13.2. The summed E-state index contributed by atoms with van der Waals surface area (Å²) >= 11 is 0. The van der Waals surface area contributed by atoms with Crippen LogP contribution in [-0.2, 0) is 16.0 Å². The Labute approximate surface area is 226 Å². The second-order valence-electron chi connectivity index (χ2n) is 8.60. The first kappa shape index (κ1) is 32.1. The van der Waals surface area contributed by atoms with Gasteiger partial charge in [0.05, 0.1) is 6.54 Å². The Kier molecular flexibility index (Phi) is 17.9. The van der Waals surface area contributed by atoms with Crippen LogP contribution in [0.2, 0.25) is 0 Å². The van der Waals surface area contributed by atoms with Crippen molar-refractivity contribution in [1.82, 2.24) is 5.32 Å². The summed E-state index contributed by atoms with van der Waals surface area (Å²) in [5.41, 5.74) is 0.216. The van der Waals surface area contributed by atoms with Gasteiger partial charge in [0.15, 0.2) is 5.78 Å². The minimum atomic E-state index is -1.26. The molecule has 0 bridgehead atoms. The van der Waals surface area contributed by atoms with E-state index in [0.717, 1.165) is 38.5 Å². The molecule has 0 saturated heterocycles. The van der Waals surface area contributed by atoms with Crippen molar-refractivity contribution < 1.29 is 24.6 Å². The van der Waals surface area contributed by atoms with Gasteiger partial charge in [0, 0.05) is 12.8 Å². The zero-order valence-electron chi connectivity index (χ0n) is 22.4. The zero-order chi connectivity index (χ0) is 27.8. The molecule has 0 aliphatic heterocycles. The number of aromatic hydroxyl groups is 1. The molecule has 6 heteroatoms. The number of carbonyl (C=O) groups excluding carboxylic acids is 2. The highest BCUT2D eigenvalue weighted by Crippen LogP contribution is 2.18. The maximum absolute atomic E-state index is 12.1. The monoisotopic (exact) mass is 519 g/mol. The number of carboxylic acids is 1. The number of carboxylic acid groups (broad SMARTS) is 1. The fourth-order valence-electron chi connectivity index (χ4n) is 3.29. The average Bonchev–Trinajstić information content (AvgIpc) is 2.89. The van der Waals surface area contributed by atoms with E-state index in [9.17, 15) is 19.5 Å². The van der Waals surface area contributed by atoms with Gasteiger partial charge in [-0.3, -0.25) is 9.59 Å². The van der Waals surface area contributed by atoms with Gasteiger partial charge in [-0.15, -0.1) is 0 Å². The molecule has 0 radical (unpaired) electrons. The Hall–Kier alpha value is -3.93. The van der Waals surface area contributed by atoms with Gasteiger partial charge in [0.2, 0.25) is 5.91 Å². The number of amides is 1. The second kappa shape index (κ2) is 21.2. The van der Waals surface area contributed by atoms with Crippen LogP contribution >= 0.6 is 0 Å². The molecule has 1 aromatic carbocycles. The Morgan fingerprint density at radius 1 is 0.763 bits per heavy atom. The van der Waals surface area contributed by atoms with Crippen LogP contribution in [0.25, 0.3) is 0 Å². The highest BCUT2D eigenvalue weighted by molar-refractivity contribution is 5.92. The van der Waals surface area contributed by atoms with Gasteiger partial charge in [0.25, 0.3) is 0 Å². The molecule has 3 N–H and O–H groups in total. The molecular weight excluding hydrogens is 478 g/mol. The number of benzene rings is 1. The summed E-state index contributed by atoms with van der Waals surface area (Å²) in [7, 11) is 0. The molecule has 0 aliphatic rings. The number of hydrogen-bond donors (Lipinski definition) is 3. The predicted octanol–water partition coefficient (Wildman–Crippen LogP) is 6.80. The number of allylic oxidation sites excluding steroid dienone is 12. The molecule has 0 atom stereocenters. The number of Topliss-reactive ketones (excluding diaryl/α,β-unsaturated/α-hetero) is 1. The fourth-order valence-corrected chi connectivity index (χ4v) is 3.29. The summed E-state index contributed by atoms with van der Waals surface area (Å²) in [5, 5.41) is 21.2. The van der Waals surface area contributed by atoms with Crippen molar-refractivity contribution in [3.05, 3.63) is 102 Å². The first-order chi connectivity index (χ1) is 18.4. The number of aromatic carboxylic acids is 1. The molecule has 0 heterocycles. The summed E-state index contributed by atoms with van der Waals surface area (Å²) in [6, 6.07) is 4.00. The van der Waals surface area contributed by atoms with Crippen molar-refractivity contribution in [2.45, 2.75) is 64.7 Å². The normalized spacial score (nSPS) is 12.2. The third-order valence-electron chi connectivity index (χ3n) is 5.31. The highest BCUT2D eigenvalue weighted by atomic mass is 16.4. The van der Waals surface area contributed by atoms with Gasteiger partial charge >= 0.3 is 5.97 Å². The van der Waals surface area contributed by atoms with Crippen LogP contribution < -0.4 is 5.32 Å². The molecule has 0 saturated carbocycles. The Morgan fingerprint density at radius 2 is 1.26 bits per heavy atom. The fraction of sp³-hybridized carbons (Fsp3) is 0.344. The van der Waals surface area contributed by atoms with Crippen molar-refractivity contribution in [2.75, 3.05) is 6.54 Å². The molecule has 0 spiro atoms. The van der Waals surface area contributed by atoms with Crippen LogP contribution in [-0.4, -0.2) is 34.4 Å². The molecule has 38 heavy (non-hydrogen) atoms. The lowest BCUT2D eigenvalue weighted by molar-refractivity contribution is -0.124. The van der Waals surface area contributed by atoms with E-state index in [1.807, 2.05) is 12.2 Å². The van der Waals surface area contributed by atoms with Crippen molar-refractivity contribution in [1.29, 1.82) is 0 Å². The number of ketones is 1. The topological polar surface area (TPSA) is 104 Å². The van der Waals surface area contributed by atoms with Gasteiger partial charge in [0.1, 0.15) is 11.3 Å². The number of carbonyl (C=O) groups is 3. The van der Waals surface area contributed by atoms with E-state index in [2.05, 4.69) is 73.0 Å². The largest absolute Gasteiger partial charge is 0.507 e. The molecule has 1 amide bonds.